The molecule has 0 aliphatic rings. The van der Waals surface area contributed by atoms with Gasteiger partial charge in [0.15, 0.2) is 0 Å². The first-order valence-corrected chi connectivity index (χ1v) is 13.4. The van der Waals surface area contributed by atoms with Gasteiger partial charge in [0, 0.05) is 9.58 Å². The molecule has 1 heterocycles. The SMILES string of the molecule is CCCCCCc1sc2ccccc2c1[Si](C(C)C)(C(C)C)C(C)C. The zero-order chi connectivity index (χ0) is 18.6. The Balaban J connectivity index is 2.62. The van der Waals surface area contributed by atoms with Crippen LogP contribution in [0.4, 0.5) is 0 Å². The van der Waals surface area contributed by atoms with E-state index in [1.165, 1.54) is 36.8 Å². The van der Waals surface area contributed by atoms with E-state index < -0.39 is 8.07 Å². The predicted octanol–water partition coefficient (Wildman–Crippen LogP) is 7.91. The summed E-state index contributed by atoms with van der Waals surface area (Å²) in [6.07, 6.45) is 6.72. The molecule has 0 aliphatic carbocycles. The zero-order valence-electron chi connectivity index (χ0n) is 17.5. The second-order valence-electron chi connectivity index (χ2n) is 8.60. The van der Waals surface area contributed by atoms with Gasteiger partial charge in [-0.25, -0.2) is 0 Å². The lowest BCUT2D eigenvalue weighted by Gasteiger charge is -2.44. The highest BCUT2D eigenvalue weighted by molar-refractivity contribution is 7.22. The third kappa shape index (κ3) is 3.90. The van der Waals surface area contributed by atoms with Gasteiger partial charge < -0.3 is 0 Å². The van der Waals surface area contributed by atoms with Gasteiger partial charge in [0.1, 0.15) is 0 Å². The summed E-state index contributed by atoms with van der Waals surface area (Å²) in [6, 6.07) is 9.22. The van der Waals surface area contributed by atoms with Crippen LogP contribution in [0.25, 0.3) is 10.1 Å². The molecule has 2 heteroatoms. The smallest absolute Gasteiger partial charge is 0.0965 e. The predicted molar refractivity (Wildman–Crippen MR) is 120 cm³/mol. The fraction of sp³-hybridized carbons (Fsp3) is 0.652. The first-order chi connectivity index (χ1) is 11.9. The minimum absolute atomic E-state index is 0.778. The van der Waals surface area contributed by atoms with Crippen LogP contribution in [0.1, 0.15) is 79.0 Å². The fourth-order valence-electron chi connectivity index (χ4n) is 5.33. The van der Waals surface area contributed by atoms with Crippen LogP contribution in [0.15, 0.2) is 24.3 Å². The van der Waals surface area contributed by atoms with Crippen molar-refractivity contribution in [2.24, 2.45) is 0 Å². The molecule has 0 saturated heterocycles. The number of fused-ring (bicyclic) bond motifs is 1. The van der Waals surface area contributed by atoms with E-state index in [9.17, 15) is 0 Å². The molecule has 140 valence electrons. The van der Waals surface area contributed by atoms with Crippen LogP contribution >= 0.6 is 11.3 Å². The maximum atomic E-state index is 2.50. The minimum Gasteiger partial charge on any atom is -0.140 e. The molecule has 0 unspecified atom stereocenters. The highest BCUT2D eigenvalue weighted by Crippen LogP contribution is 2.44. The molecule has 0 fully saturated rings. The molecule has 0 spiro atoms. The van der Waals surface area contributed by atoms with Gasteiger partial charge in [0.25, 0.3) is 0 Å². The largest absolute Gasteiger partial charge is 0.140 e. The van der Waals surface area contributed by atoms with Crippen LogP contribution in [0.2, 0.25) is 16.6 Å². The second kappa shape index (κ2) is 8.86. The monoisotopic (exact) mass is 374 g/mol. The lowest BCUT2D eigenvalue weighted by Crippen LogP contribution is -2.56. The molecule has 25 heavy (non-hydrogen) atoms. The number of unbranched alkanes of at least 4 members (excludes halogenated alkanes) is 3. The molecule has 0 atom stereocenters. The molecular formula is C23H38SSi. The number of benzene rings is 1. The Bertz CT molecular complexity index is 644. The summed E-state index contributed by atoms with van der Waals surface area (Å²) in [5, 5.41) is 3.41. The van der Waals surface area contributed by atoms with Crippen molar-refractivity contribution >= 4 is 34.7 Å². The van der Waals surface area contributed by atoms with Crippen molar-refractivity contribution in [1.29, 1.82) is 0 Å². The Kier molecular flexibility index (Phi) is 7.34. The number of hydrogen-bond donors (Lipinski definition) is 0. The van der Waals surface area contributed by atoms with Crippen molar-refractivity contribution in [2.75, 3.05) is 0 Å². The number of aryl methyl sites for hydroxylation is 1. The summed E-state index contributed by atoms with van der Waals surface area (Å²) in [5.41, 5.74) is 2.33. The van der Waals surface area contributed by atoms with Crippen molar-refractivity contribution in [3.05, 3.63) is 29.1 Å². The molecular weight excluding hydrogens is 336 g/mol. The average molecular weight is 375 g/mol. The van der Waals surface area contributed by atoms with Crippen molar-refractivity contribution in [3.63, 3.8) is 0 Å². The summed E-state index contributed by atoms with van der Waals surface area (Å²) in [6.45, 7) is 17.3. The lowest BCUT2D eigenvalue weighted by atomic mass is 10.1. The number of hydrogen-bond acceptors (Lipinski definition) is 1. The molecule has 0 amide bonds. The number of rotatable bonds is 9. The maximum Gasteiger partial charge on any atom is 0.0965 e. The van der Waals surface area contributed by atoms with Crippen molar-refractivity contribution in [1.82, 2.24) is 0 Å². The van der Waals surface area contributed by atoms with Crippen LogP contribution < -0.4 is 5.19 Å². The third-order valence-corrected chi connectivity index (χ3v) is 14.8. The molecule has 0 saturated carbocycles. The highest BCUT2D eigenvalue weighted by atomic mass is 32.1. The minimum atomic E-state index is -1.62. The third-order valence-electron chi connectivity index (χ3n) is 6.22. The Hall–Kier alpha value is -0.603. The van der Waals surface area contributed by atoms with Crippen molar-refractivity contribution in [2.45, 2.75) is 97.2 Å². The van der Waals surface area contributed by atoms with Crippen molar-refractivity contribution in [3.8, 4) is 0 Å². The van der Waals surface area contributed by atoms with Crippen molar-refractivity contribution < 1.29 is 0 Å². The summed E-state index contributed by atoms with van der Waals surface area (Å²) in [4.78, 5) is 1.72. The molecule has 0 bridgehead atoms. The van der Waals surface area contributed by atoms with Crippen LogP contribution in [0, 0.1) is 0 Å². The fourth-order valence-corrected chi connectivity index (χ4v) is 14.3. The van der Waals surface area contributed by atoms with E-state index >= 15 is 0 Å². The molecule has 2 aromatic rings. The average Bonchev–Trinajstić information content (AvgIpc) is 2.90. The Morgan fingerprint density at radius 3 is 2.00 bits per heavy atom. The van der Waals surface area contributed by atoms with Gasteiger partial charge in [-0.2, -0.15) is 0 Å². The van der Waals surface area contributed by atoms with E-state index in [1.54, 1.807) is 10.3 Å². The molecule has 1 aromatic carbocycles. The van der Waals surface area contributed by atoms with Gasteiger partial charge >= 0.3 is 0 Å². The highest BCUT2D eigenvalue weighted by Gasteiger charge is 2.46. The summed E-state index contributed by atoms with van der Waals surface area (Å²) < 4.78 is 1.52. The number of thiophene rings is 1. The van der Waals surface area contributed by atoms with E-state index in [0.717, 1.165) is 16.6 Å². The quantitative estimate of drug-likeness (QED) is 0.309. The molecule has 0 nitrogen and oxygen atoms in total. The summed E-state index contributed by atoms with van der Waals surface area (Å²) in [5.74, 6) is 0. The van der Waals surface area contributed by atoms with Gasteiger partial charge in [-0.15, -0.1) is 11.3 Å². The standard InChI is InChI=1S/C23H38SSi/c1-8-9-10-11-16-22-23(20-14-12-13-15-21(20)24-22)25(17(2)3,18(4)5)19(6)7/h12-15,17-19H,8-11,16H2,1-7H3. The van der Waals surface area contributed by atoms with E-state index in [2.05, 4.69) is 84.1 Å². The Labute approximate surface area is 161 Å². The summed E-state index contributed by atoms with van der Waals surface area (Å²) in [7, 11) is -1.62. The normalized spacial score (nSPS) is 12.9. The van der Waals surface area contributed by atoms with E-state index in [0.29, 0.717) is 0 Å². The van der Waals surface area contributed by atoms with E-state index in [1.807, 2.05) is 5.19 Å². The van der Waals surface area contributed by atoms with Gasteiger partial charge in [0.2, 0.25) is 0 Å². The van der Waals surface area contributed by atoms with Gasteiger partial charge in [-0.1, -0.05) is 85.9 Å². The topological polar surface area (TPSA) is 0 Å². The Morgan fingerprint density at radius 2 is 1.44 bits per heavy atom. The first kappa shape index (κ1) is 20.7. The van der Waals surface area contributed by atoms with Crippen LogP contribution in [0.5, 0.6) is 0 Å². The molecule has 2 rings (SSSR count). The first-order valence-electron chi connectivity index (χ1n) is 10.4. The van der Waals surface area contributed by atoms with Crippen LogP contribution in [-0.4, -0.2) is 8.07 Å². The zero-order valence-corrected chi connectivity index (χ0v) is 19.3. The second-order valence-corrected chi connectivity index (χ2v) is 15.6. The van der Waals surface area contributed by atoms with Crippen LogP contribution in [0.3, 0.4) is 0 Å². The van der Waals surface area contributed by atoms with Gasteiger partial charge in [-0.3, -0.25) is 0 Å². The molecule has 0 radical (unpaired) electrons. The lowest BCUT2D eigenvalue weighted by molar-refractivity contribution is 0.670. The van der Waals surface area contributed by atoms with E-state index in [4.69, 9.17) is 0 Å². The Morgan fingerprint density at radius 1 is 0.840 bits per heavy atom. The van der Waals surface area contributed by atoms with E-state index in [-0.39, 0.29) is 0 Å². The molecule has 0 aliphatic heterocycles. The molecule has 0 N–H and O–H groups in total. The molecule has 1 aromatic heterocycles. The maximum absolute atomic E-state index is 2.50. The van der Waals surface area contributed by atoms with Crippen LogP contribution in [-0.2, 0) is 6.42 Å². The summed E-state index contributed by atoms with van der Waals surface area (Å²) >= 11 is 2.10. The van der Waals surface area contributed by atoms with Gasteiger partial charge in [-0.05, 0) is 46.1 Å². The van der Waals surface area contributed by atoms with Gasteiger partial charge in [0.05, 0.1) is 8.07 Å².